The minimum atomic E-state index is -4.18. The molecule has 2 N–H and O–H groups in total. The van der Waals surface area contributed by atoms with E-state index in [-0.39, 0.29) is 10.6 Å². The monoisotopic (exact) mass is 570 g/mol. The third-order valence-corrected chi connectivity index (χ3v) is 8.85. The Morgan fingerprint density at radius 2 is 1.68 bits per heavy atom. The van der Waals surface area contributed by atoms with Gasteiger partial charge in [-0.15, -0.1) is 0 Å². The van der Waals surface area contributed by atoms with Crippen molar-refractivity contribution in [2.75, 3.05) is 4.90 Å². The molecule has 0 bridgehead atoms. The Hall–Kier alpha value is -3.47. The molecule has 1 aliphatic heterocycles. The second-order valence-corrected chi connectivity index (χ2v) is 12.1. The van der Waals surface area contributed by atoms with Crippen LogP contribution in [0.4, 0.5) is 20.2 Å². The number of rotatable bonds is 8. The van der Waals surface area contributed by atoms with Crippen LogP contribution in [0.3, 0.4) is 0 Å². The van der Waals surface area contributed by atoms with Crippen LogP contribution in [0.15, 0.2) is 89.8 Å². The number of ether oxygens (including phenoxy) is 2. The predicted octanol–water partition coefficient (Wildman–Crippen LogP) is 6.37. The van der Waals surface area contributed by atoms with Gasteiger partial charge < -0.3 is 19.5 Å². The molecule has 0 radical (unpaired) electrons. The highest BCUT2D eigenvalue weighted by Crippen LogP contribution is 2.49. The number of fused-ring (bicyclic) bond motifs is 2. The van der Waals surface area contributed by atoms with Crippen molar-refractivity contribution in [1.82, 2.24) is 4.72 Å². The van der Waals surface area contributed by atoms with E-state index in [1.54, 1.807) is 13.8 Å². The first kappa shape index (κ1) is 28.1. The first-order valence-electron chi connectivity index (χ1n) is 13.2. The summed E-state index contributed by atoms with van der Waals surface area (Å²) in [6.45, 7) is 6.55. The number of aliphatic hydroxyl groups is 1. The van der Waals surface area contributed by atoms with Crippen LogP contribution in [-0.2, 0) is 10.0 Å². The number of para-hydroxylation sites is 4. The van der Waals surface area contributed by atoms with Gasteiger partial charge in [-0.3, -0.25) is 0 Å². The van der Waals surface area contributed by atoms with Crippen LogP contribution in [0, 0.1) is 5.92 Å². The molecule has 3 aromatic rings. The lowest BCUT2D eigenvalue weighted by atomic mass is 9.86. The van der Waals surface area contributed by atoms with Crippen LogP contribution in [0.1, 0.15) is 33.1 Å². The van der Waals surface area contributed by atoms with E-state index in [9.17, 15) is 22.3 Å². The number of benzene rings is 3. The first-order chi connectivity index (χ1) is 19.0. The predicted molar refractivity (Wildman–Crippen MR) is 149 cm³/mol. The number of nitrogens with zero attached hydrogens (tertiary/aromatic N) is 1. The number of hydrogen-bond acceptors (Lipinski definition) is 6. The molecule has 1 fully saturated rings. The van der Waals surface area contributed by atoms with Crippen molar-refractivity contribution in [1.29, 1.82) is 0 Å². The Balaban J connectivity index is 1.38. The van der Waals surface area contributed by atoms with Gasteiger partial charge >= 0.3 is 6.11 Å². The summed E-state index contributed by atoms with van der Waals surface area (Å²) < 4.78 is 69.3. The third kappa shape index (κ3) is 5.43. The molecule has 0 spiro atoms. The van der Waals surface area contributed by atoms with Crippen LogP contribution in [0.5, 0.6) is 17.2 Å². The summed E-state index contributed by atoms with van der Waals surface area (Å²) >= 11 is 0. The molecular formula is C30H32F2N2O5S. The first-order valence-corrected chi connectivity index (χ1v) is 14.7. The Morgan fingerprint density at radius 3 is 2.30 bits per heavy atom. The number of alkyl halides is 2. The van der Waals surface area contributed by atoms with Crippen molar-refractivity contribution in [2.24, 2.45) is 5.92 Å². The molecule has 212 valence electrons. The molecule has 5 rings (SSSR count). The molecule has 3 atom stereocenters. The van der Waals surface area contributed by atoms with E-state index in [1.165, 1.54) is 18.2 Å². The van der Waals surface area contributed by atoms with Crippen LogP contribution in [0.2, 0.25) is 0 Å². The molecular weight excluding hydrogens is 538 g/mol. The Bertz CT molecular complexity index is 1470. The normalized spacial score (nSPS) is 20.9. The Kier molecular flexibility index (Phi) is 7.60. The van der Waals surface area contributed by atoms with Crippen LogP contribution >= 0.6 is 0 Å². The highest BCUT2D eigenvalue weighted by Gasteiger charge is 2.41. The SMILES string of the molecule is C=C(C(C)C)C(F)(F)Oc1cccc(S(=O)(=O)N[C@@H]2CCCC(N3c4ccccc4Oc4ccccc43)[C@H]2O)c1. The zero-order chi connectivity index (χ0) is 28.7. The number of anilines is 2. The molecule has 0 saturated heterocycles. The Morgan fingerprint density at radius 1 is 1.05 bits per heavy atom. The van der Waals surface area contributed by atoms with E-state index in [0.717, 1.165) is 17.4 Å². The van der Waals surface area contributed by atoms with Gasteiger partial charge in [-0.1, -0.05) is 50.8 Å². The number of hydrogen-bond donors (Lipinski definition) is 2. The van der Waals surface area contributed by atoms with E-state index in [4.69, 9.17) is 9.47 Å². The maximum atomic E-state index is 14.5. The summed E-state index contributed by atoms with van der Waals surface area (Å²) in [4.78, 5) is 1.77. The second-order valence-electron chi connectivity index (χ2n) is 10.4. The minimum Gasteiger partial charge on any atom is -0.453 e. The van der Waals surface area contributed by atoms with Gasteiger partial charge in [-0.2, -0.15) is 8.78 Å². The van der Waals surface area contributed by atoms with Gasteiger partial charge in [0, 0.05) is 11.6 Å². The fraction of sp³-hybridized carbons (Fsp3) is 0.333. The molecule has 2 aliphatic rings. The van der Waals surface area contributed by atoms with Crippen molar-refractivity contribution in [2.45, 2.75) is 62.3 Å². The fourth-order valence-electron chi connectivity index (χ4n) is 5.18. The van der Waals surface area contributed by atoms with Gasteiger partial charge in [0.05, 0.1) is 34.5 Å². The topological polar surface area (TPSA) is 88.1 Å². The van der Waals surface area contributed by atoms with E-state index in [0.29, 0.717) is 30.8 Å². The Labute approximate surface area is 233 Å². The summed E-state index contributed by atoms with van der Waals surface area (Å²) in [6.07, 6.45) is -3.04. The lowest BCUT2D eigenvalue weighted by Gasteiger charge is -2.44. The van der Waals surface area contributed by atoms with Crippen LogP contribution in [-0.4, -0.2) is 37.8 Å². The molecule has 7 nitrogen and oxygen atoms in total. The lowest BCUT2D eigenvalue weighted by molar-refractivity contribution is -0.146. The smallest absolute Gasteiger partial charge is 0.422 e. The number of sulfonamides is 1. The van der Waals surface area contributed by atoms with Crippen molar-refractivity contribution in [3.05, 3.63) is 84.9 Å². The number of aliphatic hydroxyl groups excluding tert-OH is 1. The van der Waals surface area contributed by atoms with Crippen molar-refractivity contribution in [3.63, 3.8) is 0 Å². The van der Waals surface area contributed by atoms with Crippen LogP contribution < -0.4 is 19.1 Å². The molecule has 1 unspecified atom stereocenters. The highest BCUT2D eigenvalue weighted by atomic mass is 32.2. The van der Waals surface area contributed by atoms with E-state index in [1.807, 2.05) is 53.4 Å². The third-order valence-electron chi connectivity index (χ3n) is 7.36. The standard InChI is InChI=1S/C30H32F2N2O5S/c1-19(2)20(3)30(31,32)39-21-10-8-11-22(18-21)40(36,37)33-23-12-9-15-26(29(23)35)34-24-13-4-6-16-27(24)38-28-17-7-5-14-25(28)34/h4-8,10-11,13-14,16-19,23,26,29,33,35H,3,9,12,15H2,1-2H3/t23-,26?,29+/m1/s1. The van der Waals surface area contributed by atoms with Gasteiger partial charge in [-0.25, -0.2) is 13.1 Å². The summed E-state index contributed by atoms with van der Waals surface area (Å²) in [5.74, 6) is 0.447. The quantitative estimate of drug-likeness (QED) is 0.306. The summed E-state index contributed by atoms with van der Waals surface area (Å²) in [7, 11) is -4.18. The highest BCUT2D eigenvalue weighted by molar-refractivity contribution is 7.89. The molecule has 1 heterocycles. The molecule has 40 heavy (non-hydrogen) atoms. The molecule has 0 amide bonds. The van der Waals surface area contributed by atoms with Gasteiger partial charge in [0.1, 0.15) is 5.75 Å². The average molecular weight is 571 g/mol. The number of halogens is 2. The second kappa shape index (κ2) is 10.8. The minimum absolute atomic E-state index is 0.243. The van der Waals surface area contributed by atoms with Crippen molar-refractivity contribution >= 4 is 21.4 Å². The molecule has 1 aliphatic carbocycles. The largest absolute Gasteiger partial charge is 0.453 e. The molecule has 3 aromatic carbocycles. The van der Waals surface area contributed by atoms with E-state index in [2.05, 4.69) is 11.3 Å². The molecule has 10 heteroatoms. The van der Waals surface area contributed by atoms with Crippen molar-refractivity contribution in [3.8, 4) is 17.2 Å². The van der Waals surface area contributed by atoms with Crippen LogP contribution in [0.25, 0.3) is 0 Å². The van der Waals surface area contributed by atoms with E-state index >= 15 is 0 Å². The van der Waals surface area contributed by atoms with Gasteiger partial charge in [-0.05, 0) is 61.6 Å². The summed E-state index contributed by atoms with van der Waals surface area (Å²) in [5, 5.41) is 11.5. The molecule has 0 aromatic heterocycles. The maximum Gasteiger partial charge on any atom is 0.422 e. The van der Waals surface area contributed by atoms with E-state index < -0.39 is 45.8 Å². The zero-order valence-corrected chi connectivity index (χ0v) is 23.1. The summed E-state index contributed by atoms with van der Waals surface area (Å²) in [6, 6.07) is 18.7. The average Bonchev–Trinajstić information content (AvgIpc) is 2.92. The maximum absolute atomic E-state index is 14.5. The molecule has 1 saturated carbocycles. The van der Waals surface area contributed by atoms with Gasteiger partial charge in [0.2, 0.25) is 10.0 Å². The zero-order valence-electron chi connectivity index (χ0n) is 22.3. The van der Waals surface area contributed by atoms with Crippen molar-refractivity contribution < 1.29 is 31.8 Å². The van der Waals surface area contributed by atoms with Gasteiger partial charge in [0.15, 0.2) is 11.5 Å². The summed E-state index contributed by atoms with van der Waals surface area (Å²) in [5.41, 5.74) is 1.14. The number of nitrogens with one attached hydrogen (secondary N) is 1. The fourth-order valence-corrected chi connectivity index (χ4v) is 6.50. The lowest BCUT2D eigenvalue weighted by Crippen LogP contribution is -2.56. The van der Waals surface area contributed by atoms with Gasteiger partial charge in [0.25, 0.3) is 0 Å².